The summed E-state index contributed by atoms with van der Waals surface area (Å²) >= 11 is 0. The van der Waals surface area contributed by atoms with E-state index in [0.717, 1.165) is 0 Å². The highest BCUT2D eigenvalue weighted by atomic mass is 32.2. The van der Waals surface area contributed by atoms with Gasteiger partial charge < -0.3 is 0 Å². The number of hydrogen-bond donors (Lipinski definition) is 2. The Morgan fingerprint density at radius 1 is 1.28 bits per heavy atom. The summed E-state index contributed by atoms with van der Waals surface area (Å²) in [6, 6.07) is 8.00. The molecule has 1 aromatic carbocycles. The van der Waals surface area contributed by atoms with Crippen LogP contribution in [0.1, 0.15) is 0 Å². The van der Waals surface area contributed by atoms with E-state index in [9.17, 15) is 13.2 Å². The smallest absolute Gasteiger partial charge is 0.271 e. The van der Waals surface area contributed by atoms with Crippen LogP contribution in [0.3, 0.4) is 0 Å². The van der Waals surface area contributed by atoms with Gasteiger partial charge in [-0.25, -0.2) is 13.9 Å². The van der Waals surface area contributed by atoms with Crippen molar-refractivity contribution >= 4 is 15.9 Å². The van der Waals surface area contributed by atoms with Crippen molar-refractivity contribution in [2.24, 2.45) is 0 Å². The molecule has 1 amide bonds. The van der Waals surface area contributed by atoms with Crippen LogP contribution in [0.4, 0.5) is 0 Å². The SMILES string of the molecule is O=C(NO)C1=CCN(S(=O)(=O)c2ccccc2)C1. The second kappa shape index (κ2) is 4.89. The van der Waals surface area contributed by atoms with E-state index in [1.807, 2.05) is 0 Å². The number of carbonyl (C=O) groups is 1. The standard InChI is InChI=1S/C11H12N2O4S/c14-11(12-15)9-6-7-13(8-9)18(16,17)10-4-2-1-3-5-10/h1-6,15H,7-8H2,(H,12,14). The second-order valence-electron chi connectivity index (χ2n) is 3.78. The molecule has 1 aliphatic rings. The zero-order valence-electron chi connectivity index (χ0n) is 9.41. The molecule has 96 valence electrons. The molecule has 0 atom stereocenters. The fraction of sp³-hybridized carbons (Fsp3) is 0.182. The number of rotatable bonds is 3. The molecule has 6 nitrogen and oxygen atoms in total. The third kappa shape index (κ3) is 2.28. The van der Waals surface area contributed by atoms with Gasteiger partial charge in [0.2, 0.25) is 10.0 Å². The zero-order chi connectivity index (χ0) is 13.2. The predicted molar refractivity (Wildman–Crippen MR) is 63.2 cm³/mol. The van der Waals surface area contributed by atoms with Crippen LogP contribution in [0.2, 0.25) is 0 Å². The molecule has 0 unspecified atom stereocenters. The number of hydrogen-bond acceptors (Lipinski definition) is 4. The highest BCUT2D eigenvalue weighted by molar-refractivity contribution is 7.89. The molecule has 2 rings (SSSR count). The summed E-state index contributed by atoms with van der Waals surface area (Å²) in [5, 5.41) is 8.49. The molecule has 0 bridgehead atoms. The Balaban J connectivity index is 2.19. The van der Waals surface area contributed by atoms with Gasteiger partial charge in [-0.1, -0.05) is 24.3 Å². The second-order valence-corrected chi connectivity index (χ2v) is 5.72. The summed E-state index contributed by atoms with van der Waals surface area (Å²) in [7, 11) is -3.59. The highest BCUT2D eigenvalue weighted by Gasteiger charge is 2.29. The van der Waals surface area contributed by atoms with Crippen molar-refractivity contribution in [3.8, 4) is 0 Å². The van der Waals surface area contributed by atoms with Gasteiger partial charge in [-0.05, 0) is 12.1 Å². The minimum Gasteiger partial charge on any atom is -0.288 e. The number of nitrogens with zero attached hydrogens (tertiary/aromatic N) is 1. The van der Waals surface area contributed by atoms with E-state index >= 15 is 0 Å². The van der Waals surface area contributed by atoms with Gasteiger partial charge in [-0.15, -0.1) is 0 Å². The topological polar surface area (TPSA) is 86.7 Å². The molecule has 2 N–H and O–H groups in total. The summed E-state index contributed by atoms with van der Waals surface area (Å²) in [5.74, 6) is -0.680. The molecule has 0 radical (unpaired) electrons. The maximum Gasteiger partial charge on any atom is 0.271 e. The Kier molecular flexibility index (Phi) is 3.46. The summed E-state index contributed by atoms with van der Waals surface area (Å²) in [5.41, 5.74) is 1.72. The number of amides is 1. The average Bonchev–Trinajstić information content (AvgIpc) is 2.89. The Bertz CT molecular complexity index is 580. The third-order valence-electron chi connectivity index (χ3n) is 2.66. The highest BCUT2D eigenvalue weighted by Crippen LogP contribution is 2.20. The van der Waals surface area contributed by atoms with E-state index in [4.69, 9.17) is 5.21 Å². The molecule has 0 saturated carbocycles. The molecular formula is C11H12N2O4S. The molecule has 18 heavy (non-hydrogen) atoms. The quantitative estimate of drug-likeness (QED) is 0.602. The molecule has 0 fully saturated rings. The van der Waals surface area contributed by atoms with Crippen molar-refractivity contribution in [1.29, 1.82) is 0 Å². The largest absolute Gasteiger partial charge is 0.288 e. The van der Waals surface area contributed by atoms with Crippen molar-refractivity contribution in [3.63, 3.8) is 0 Å². The normalized spacial score (nSPS) is 16.4. The van der Waals surface area contributed by atoms with E-state index in [0.29, 0.717) is 0 Å². The van der Waals surface area contributed by atoms with E-state index < -0.39 is 15.9 Å². The van der Waals surface area contributed by atoms with Gasteiger partial charge in [0, 0.05) is 18.7 Å². The molecule has 0 spiro atoms. The first-order valence-electron chi connectivity index (χ1n) is 5.24. The number of hydroxylamine groups is 1. The van der Waals surface area contributed by atoms with Crippen LogP contribution in [0.5, 0.6) is 0 Å². The van der Waals surface area contributed by atoms with Gasteiger partial charge in [-0.3, -0.25) is 10.0 Å². The van der Waals surface area contributed by atoms with Crippen molar-refractivity contribution < 1.29 is 18.4 Å². The first-order valence-corrected chi connectivity index (χ1v) is 6.68. The van der Waals surface area contributed by atoms with E-state index in [1.54, 1.807) is 18.2 Å². The lowest BCUT2D eigenvalue weighted by atomic mass is 10.3. The minimum atomic E-state index is -3.59. The summed E-state index contributed by atoms with van der Waals surface area (Å²) in [4.78, 5) is 11.4. The zero-order valence-corrected chi connectivity index (χ0v) is 10.2. The molecule has 1 heterocycles. The first kappa shape index (κ1) is 12.7. The monoisotopic (exact) mass is 268 g/mol. The van der Waals surface area contributed by atoms with Crippen molar-refractivity contribution in [2.75, 3.05) is 13.1 Å². The maximum atomic E-state index is 12.2. The summed E-state index contributed by atoms with van der Waals surface area (Å²) in [6.45, 7) is 0.0869. The van der Waals surface area contributed by atoms with Crippen molar-refractivity contribution in [1.82, 2.24) is 9.79 Å². The molecule has 0 aromatic heterocycles. The van der Waals surface area contributed by atoms with Crippen LogP contribution in [-0.2, 0) is 14.8 Å². The van der Waals surface area contributed by atoms with Crippen LogP contribution in [0.25, 0.3) is 0 Å². The van der Waals surface area contributed by atoms with Crippen LogP contribution >= 0.6 is 0 Å². The van der Waals surface area contributed by atoms with E-state index in [-0.39, 0.29) is 23.6 Å². The summed E-state index contributed by atoms with van der Waals surface area (Å²) < 4.78 is 25.6. The molecule has 0 aliphatic carbocycles. The third-order valence-corrected chi connectivity index (χ3v) is 4.49. The van der Waals surface area contributed by atoms with E-state index in [2.05, 4.69) is 0 Å². The van der Waals surface area contributed by atoms with Crippen LogP contribution in [0.15, 0.2) is 46.9 Å². The Labute approximate surface area is 105 Å². The minimum absolute atomic E-state index is 0.0381. The lowest BCUT2D eigenvalue weighted by molar-refractivity contribution is -0.125. The lowest BCUT2D eigenvalue weighted by Gasteiger charge is -2.16. The van der Waals surface area contributed by atoms with Gasteiger partial charge >= 0.3 is 0 Å². The van der Waals surface area contributed by atoms with Gasteiger partial charge in [0.1, 0.15) is 0 Å². The van der Waals surface area contributed by atoms with Gasteiger partial charge in [0.05, 0.1) is 4.90 Å². The predicted octanol–water partition coefficient (Wildman–Crippen LogP) is 0.123. The Hall–Kier alpha value is -1.70. The van der Waals surface area contributed by atoms with Crippen molar-refractivity contribution in [3.05, 3.63) is 42.0 Å². The number of sulfonamides is 1. The van der Waals surface area contributed by atoms with E-state index in [1.165, 1.54) is 28.0 Å². The Morgan fingerprint density at radius 2 is 1.94 bits per heavy atom. The number of nitrogens with one attached hydrogen (secondary N) is 1. The Morgan fingerprint density at radius 3 is 2.56 bits per heavy atom. The molecule has 0 saturated heterocycles. The number of carbonyl (C=O) groups excluding carboxylic acids is 1. The lowest BCUT2D eigenvalue weighted by Crippen LogP contribution is -2.31. The fourth-order valence-electron chi connectivity index (χ4n) is 1.69. The van der Waals surface area contributed by atoms with Gasteiger partial charge in [0.15, 0.2) is 0 Å². The molecule has 7 heteroatoms. The summed E-state index contributed by atoms with van der Waals surface area (Å²) in [6.07, 6.45) is 1.48. The van der Waals surface area contributed by atoms with Gasteiger partial charge in [-0.2, -0.15) is 4.31 Å². The van der Waals surface area contributed by atoms with Crippen LogP contribution in [-0.4, -0.2) is 36.9 Å². The number of benzene rings is 1. The fourth-order valence-corrected chi connectivity index (χ4v) is 3.07. The maximum absolute atomic E-state index is 12.2. The van der Waals surface area contributed by atoms with Crippen LogP contribution in [0, 0.1) is 0 Å². The first-order chi connectivity index (χ1) is 8.55. The van der Waals surface area contributed by atoms with Crippen LogP contribution < -0.4 is 5.48 Å². The average molecular weight is 268 g/mol. The molecule has 1 aromatic rings. The molecule has 1 aliphatic heterocycles. The van der Waals surface area contributed by atoms with Gasteiger partial charge in [0.25, 0.3) is 5.91 Å². The van der Waals surface area contributed by atoms with Crippen molar-refractivity contribution in [2.45, 2.75) is 4.90 Å². The molecular weight excluding hydrogens is 256 g/mol.